The van der Waals surface area contributed by atoms with E-state index in [0.29, 0.717) is 22.5 Å². The number of sulfonamides is 1. The smallest absolute Gasteiger partial charge is 0.296 e. The maximum atomic E-state index is 13.4. The van der Waals surface area contributed by atoms with Gasteiger partial charge in [0.05, 0.1) is 72.1 Å². The summed E-state index contributed by atoms with van der Waals surface area (Å²) >= 11 is 0.247. The molecule has 0 amide bonds. The average molecular weight is 1200 g/mol. The highest BCUT2D eigenvalue weighted by molar-refractivity contribution is 7.94. The molecule has 7 rings (SSSR count). The molecule has 30 nitrogen and oxygen atoms in total. The maximum Gasteiger partial charge on any atom is 0.296 e. The Morgan fingerprint density at radius 2 is 1.14 bits per heavy atom. The van der Waals surface area contributed by atoms with Gasteiger partial charge in [-0.1, -0.05) is 16.1 Å². The van der Waals surface area contributed by atoms with Crippen LogP contribution in [-0.2, 0) is 73.1 Å². The first-order valence-electron chi connectivity index (χ1n) is 20.3. The van der Waals surface area contributed by atoms with Gasteiger partial charge in [-0.2, -0.15) is 35.5 Å². The molecule has 0 aliphatic rings. The molecule has 0 heterocycles. The van der Waals surface area contributed by atoms with Gasteiger partial charge in [0.2, 0.25) is 0 Å². The van der Waals surface area contributed by atoms with Gasteiger partial charge in [-0.3, -0.25) is 22.6 Å². The first-order chi connectivity index (χ1) is 36.2. The predicted octanol–water partition coefficient (Wildman–Crippen LogP) is 8.85. The van der Waals surface area contributed by atoms with Gasteiger partial charge in [0.1, 0.15) is 26.9 Å². The van der Waals surface area contributed by atoms with Crippen LogP contribution in [-0.4, -0.2) is 83.7 Å². The molecule has 7 aromatic rings. The highest BCUT2D eigenvalue weighted by Gasteiger charge is 2.27. The third-order valence-electron chi connectivity index (χ3n) is 10.2. The van der Waals surface area contributed by atoms with Crippen molar-refractivity contribution in [3.8, 4) is 5.75 Å². The van der Waals surface area contributed by atoms with E-state index in [4.69, 9.17) is 26.2 Å². The van der Waals surface area contributed by atoms with E-state index in [9.17, 15) is 60.9 Å². The van der Waals surface area contributed by atoms with Crippen molar-refractivity contribution in [1.29, 1.82) is 0 Å². The van der Waals surface area contributed by atoms with Gasteiger partial charge in [0.15, 0.2) is 27.9 Å². The highest BCUT2D eigenvalue weighted by atomic mass is 32.2. The minimum Gasteiger partial charge on any atom is -0.505 e. The number of hydrogen-bond donors (Lipinski definition) is 9. The zero-order chi connectivity index (χ0) is 56.1. The van der Waals surface area contributed by atoms with Crippen LogP contribution in [0.15, 0.2) is 169 Å². The fourth-order valence-corrected chi connectivity index (χ4v) is 11.6. The van der Waals surface area contributed by atoms with Crippen LogP contribution in [0.25, 0.3) is 21.5 Å². The van der Waals surface area contributed by atoms with Crippen LogP contribution in [0.5, 0.6) is 5.75 Å². The molecule has 0 atom stereocenters. The molecule has 0 saturated heterocycles. The second kappa shape index (κ2) is 23.4. The summed E-state index contributed by atoms with van der Waals surface area (Å²) in [4.78, 5) is -3.69. The zero-order valence-electron chi connectivity index (χ0n) is 37.8. The number of rotatable bonds is 22. The third kappa shape index (κ3) is 13.8. The summed E-state index contributed by atoms with van der Waals surface area (Å²) < 4.78 is 171. The largest absolute Gasteiger partial charge is 0.505 e. The predicted molar refractivity (Wildman–Crippen MR) is 272 cm³/mol. The molecule has 0 aliphatic heterocycles. The summed E-state index contributed by atoms with van der Waals surface area (Å²) in [5.41, 5.74) is 10.5. The SMILES string of the molecule is Nc1ccc(N=Nc2ccc(NS(=O)(=O)c3ccc(N=Nc4c(S(=O)(=O)O)cc5cc(SOOO)c(N=Nc6ccc(S(=O)(=O)CCOSOOO)cc6S(=O)(=O)O)c(N)c5c4O)cc3)cc2)c2ccc(S(=O)(=O)O)cc12. The van der Waals surface area contributed by atoms with E-state index >= 15 is 0 Å². The molecule has 0 unspecified atom stereocenters. The molecule has 0 spiro atoms. The first-order valence-corrected chi connectivity index (χ1v) is 29.2. The Morgan fingerprint density at radius 1 is 0.558 bits per heavy atom. The van der Waals surface area contributed by atoms with Crippen LogP contribution >= 0.6 is 24.4 Å². The Labute approximate surface area is 442 Å². The van der Waals surface area contributed by atoms with Crippen LogP contribution in [0.1, 0.15) is 0 Å². The van der Waals surface area contributed by atoms with Gasteiger partial charge in [-0.15, -0.1) is 29.1 Å². The van der Waals surface area contributed by atoms with Crippen molar-refractivity contribution in [1.82, 2.24) is 0 Å². The third-order valence-corrected chi connectivity index (χ3v) is 16.9. The number of nitrogens with zero attached hydrogens (tertiary/aromatic N) is 6. The van der Waals surface area contributed by atoms with Crippen molar-refractivity contribution >= 4 is 147 Å². The summed E-state index contributed by atoms with van der Waals surface area (Å²) in [6.45, 7) is -0.554. The number of azo groups is 3. The van der Waals surface area contributed by atoms with Crippen molar-refractivity contribution < 1.29 is 94.3 Å². The van der Waals surface area contributed by atoms with Crippen molar-refractivity contribution in [2.45, 2.75) is 29.4 Å². The number of benzene rings is 7. The quantitative estimate of drug-likeness (QED) is 0.00581. The molecule has 0 fully saturated rings. The molecule has 0 aromatic heterocycles. The Morgan fingerprint density at radius 3 is 1.78 bits per heavy atom. The van der Waals surface area contributed by atoms with Gasteiger partial charge in [-0.25, -0.2) is 27.4 Å². The fraction of sp³-hybridized carbons (Fsp3) is 0.0500. The number of nitrogens with one attached hydrogen (secondary N) is 1. The number of sulfone groups is 1. The Bertz CT molecular complexity index is 4120. The number of nitrogens with two attached hydrogens (primary N) is 2. The first kappa shape index (κ1) is 57.8. The summed E-state index contributed by atoms with van der Waals surface area (Å²) in [5, 5.41) is 59.3. The molecule has 0 bridgehead atoms. The summed E-state index contributed by atoms with van der Waals surface area (Å²) in [7, 11) is -23.6. The van der Waals surface area contributed by atoms with Gasteiger partial charge in [-0.05, 0) is 109 Å². The zero-order valence-corrected chi connectivity index (χ0v) is 43.5. The lowest BCUT2D eigenvalue weighted by Crippen LogP contribution is -2.12. The summed E-state index contributed by atoms with van der Waals surface area (Å²) in [5.74, 6) is -1.82. The van der Waals surface area contributed by atoms with Crippen LogP contribution in [0.2, 0.25) is 0 Å². The number of anilines is 3. The molecule has 0 aliphatic carbocycles. The van der Waals surface area contributed by atoms with Crippen LogP contribution in [0.4, 0.5) is 51.2 Å². The van der Waals surface area contributed by atoms with E-state index in [2.05, 4.69) is 54.2 Å². The van der Waals surface area contributed by atoms with E-state index in [1.54, 1.807) is 6.07 Å². The van der Waals surface area contributed by atoms with Crippen molar-refractivity contribution in [2.24, 2.45) is 30.7 Å². The standard InChI is InChI=1S/C40H33N9O21S7/c41-30-12-14-31(28-11-9-27(19-29(28)30)75(57,58)59)45-43-22-1-3-24(4-2-22)49-74(55,56)25-7-5-23(6-8-25)44-48-39-35(77(63,64)65)18-21-17-33(71-69-67-51)38(37(42)36(21)40(39)50)47-46-32-13-10-26(20-34(32)76(60,61)62)73(53,54)16-15-66-72-70-68-52/h1-14,17-20,49-52H,15-16,41-42H2,(H,57,58,59)(H,60,61,62)(H,63,64,65). The summed E-state index contributed by atoms with van der Waals surface area (Å²) in [6, 6.07) is 21.1. The molecule has 77 heavy (non-hydrogen) atoms. The monoisotopic (exact) mass is 1200 g/mol. The lowest BCUT2D eigenvalue weighted by atomic mass is 10.1. The van der Waals surface area contributed by atoms with Gasteiger partial charge in [0.25, 0.3) is 40.4 Å². The normalized spacial score (nSPS) is 12.9. The van der Waals surface area contributed by atoms with E-state index in [1.165, 1.54) is 48.5 Å². The van der Waals surface area contributed by atoms with Crippen molar-refractivity contribution in [3.63, 3.8) is 0 Å². The van der Waals surface area contributed by atoms with Crippen LogP contribution in [0, 0.1) is 0 Å². The second-order valence-electron chi connectivity index (χ2n) is 15.1. The highest BCUT2D eigenvalue weighted by Crippen LogP contribution is 2.50. The summed E-state index contributed by atoms with van der Waals surface area (Å²) in [6.07, 6.45) is 0. The number of hydrogen-bond acceptors (Lipinski definition) is 28. The number of nitrogen functional groups attached to an aromatic ring is 2. The second-order valence-corrected chi connectivity index (χ2v) is 24.3. The number of phenolic OH excluding ortho intramolecular Hbond substituents is 1. The lowest BCUT2D eigenvalue weighted by Gasteiger charge is -2.14. The van der Waals surface area contributed by atoms with Gasteiger partial charge < -0.3 is 16.6 Å². The molecule has 406 valence electrons. The number of fused-ring (bicyclic) bond motifs is 2. The molecule has 11 N–H and O–H groups in total. The lowest BCUT2D eigenvalue weighted by molar-refractivity contribution is -0.434. The van der Waals surface area contributed by atoms with E-state index < -0.39 is 111 Å². The molecular weight excluding hydrogens is 1170 g/mol. The molecule has 37 heteroatoms. The van der Waals surface area contributed by atoms with Gasteiger partial charge >= 0.3 is 0 Å². The van der Waals surface area contributed by atoms with Crippen molar-refractivity contribution in [2.75, 3.05) is 28.5 Å². The molecule has 0 saturated carbocycles. The van der Waals surface area contributed by atoms with Crippen LogP contribution < -0.4 is 16.2 Å². The van der Waals surface area contributed by atoms with E-state index in [-0.39, 0.29) is 67.2 Å². The van der Waals surface area contributed by atoms with E-state index in [0.717, 1.165) is 48.5 Å². The number of aromatic hydroxyl groups is 1. The number of phenols is 1. The van der Waals surface area contributed by atoms with Crippen molar-refractivity contribution in [3.05, 3.63) is 109 Å². The maximum absolute atomic E-state index is 13.4. The Hall–Kier alpha value is -6.89. The molecule has 0 radical (unpaired) electrons. The molecular formula is C40H33N9O21S7. The van der Waals surface area contributed by atoms with Crippen LogP contribution in [0.3, 0.4) is 0 Å². The minimum atomic E-state index is -5.26. The Kier molecular flexibility index (Phi) is 17.5. The topological polar surface area (TPSA) is 476 Å². The fourth-order valence-electron chi connectivity index (χ4n) is 6.73. The molecule has 7 aromatic carbocycles. The average Bonchev–Trinajstić information content (AvgIpc) is 3.40. The van der Waals surface area contributed by atoms with E-state index in [1.807, 2.05) is 0 Å². The minimum absolute atomic E-state index is 0.0784. The Balaban J connectivity index is 1.14. The van der Waals surface area contributed by atoms with Gasteiger partial charge in [0, 0.05) is 22.1 Å².